The largest absolute Gasteiger partial charge is 0.369 e. The summed E-state index contributed by atoms with van der Waals surface area (Å²) in [6.07, 6.45) is -0.143. The average Bonchev–Trinajstić information content (AvgIpc) is 2.37. The van der Waals surface area contributed by atoms with Crippen LogP contribution in [-0.2, 0) is 14.8 Å². The van der Waals surface area contributed by atoms with Crippen molar-refractivity contribution in [1.29, 1.82) is 0 Å². The van der Waals surface area contributed by atoms with E-state index in [-0.39, 0.29) is 6.10 Å². The van der Waals surface area contributed by atoms with E-state index >= 15 is 0 Å². The lowest BCUT2D eigenvalue weighted by Crippen LogP contribution is -2.55. The van der Waals surface area contributed by atoms with Crippen molar-refractivity contribution in [2.24, 2.45) is 0 Å². The second-order valence-corrected chi connectivity index (χ2v) is 8.79. The fourth-order valence-corrected chi connectivity index (χ4v) is 5.22. The Labute approximate surface area is 136 Å². The van der Waals surface area contributed by atoms with Crippen molar-refractivity contribution in [3.8, 4) is 0 Å². The van der Waals surface area contributed by atoms with Crippen molar-refractivity contribution in [2.45, 2.75) is 30.4 Å². The molecule has 0 amide bonds. The molecule has 1 fully saturated rings. The van der Waals surface area contributed by atoms with Gasteiger partial charge in [0.2, 0.25) is 10.0 Å². The summed E-state index contributed by atoms with van der Waals surface area (Å²) < 4.78 is 33.5. The first kappa shape index (κ1) is 16.4. The van der Waals surface area contributed by atoms with Crippen LogP contribution in [0.1, 0.15) is 13.8 Å². The van der Waals surface area contributed by atoms with Crippen LogP contribution in [0.4, 0.5) is 0 Å². The number of hydrogen-bond acceptors (Lipinski definition) is 3. The number of halogens is 2. The van der Waals surface area contributed by atoms with Gasteiger partial charge >= 0.3 is 0 Å². The molecule has 1 aliphatic heterocycles. The minimum absolute atomic E-state index is 0.143. The first-order chi connectivity index (χ1) is 9.26. The van der Waals surface area contributed by atoms with Crippen LogP contribution in [0.3, 0.4) is 0 Å². The van der Waals surface area contributed by atoms with Gasteiger partial charge in [0, 0.05) is 22.9 Å². The van der Waals surface area contributed by atoms with Crippen LogP contribution in [0.5, 0.6) is 0 Å². The summed E-state index contributed by atoms with van der Waals surface area (Å²) in [5.74, 6) is 0. The van der Waals surface area contributed by atoms with E-state index < -0.39 is 15.6 Å². The van der Waals surface area contributed by atoms with Gasteiger partial charge in [-0.1, -0.05) is 28.1 Å². The molecule has 0 bridgehead atoms. The monoisotopic (exact) mass is 425 g/mol. The number of alkyl halides is 1. The Kier molecular flexibility index (Phi) is 4.96. The molecule has 2 rings (SSSR count). The first-order valence-corrected chi connectivity index (χ1v) is 9.60. The molecule has 0 spiro atoms. The Morgan fingerprint density at radius 1 is 1.40 bits per heavy atom. The maximum absolute atomic E-state index is 12.8. The maximum Gasteiger partial charge on any atom is 0.244 e. The zero-order valence-electron chi connectivity index (χ0n) is 11.3. The van der Waals surface area contributed by atoms with Crippen LogP contribution in [0.25, 0.3) is 0 Å². The van der Waals surface area contributed by atoms with Gasteiger partial charge in [-0.2, -0.15) is 4.31 Å². The van der Waals surface area contributed by atoms with Crippen LogP contribution >= 0.6 is 31.9 Å². The van der Waals surface area contributed by atoms with Crippen LogP contribution in [-0.4, -0.2) is 42.8 Å². The topological polar surface area (TPSA) is 46.6 Å². The van der Waals surface area contributed by atoms with Gasteiger partial charge in [0.25, 0.3) is 0 Å². The number of morpholine rings is 1. The Balaban J connectivity index is 2.36. The van der Waals surface area contributed by atoms with E-state index in [1.54, 1.807) is 24.3 Å². The Bertz CT molecular complexity index is 589. The molecule has 7 heteroatoms. The van der Waals surface area contributed by atoms with E-state index in [4.69, 9.17) is 4.74 Å². The van der Waals surface area contributed by atoms with Gasteiger partial charge in [-0.25, -0.2) is 8.42 Å². The number of sulfonamides is 1. The van der Waals surface area contributed by atoms with Crippen molar-refractivity contribution in [3.05, 3.63) is 28.7 Å². The van der Waals surface area contributed by atoms with Gasteiger partial charge in [-0.3, -0.25) is 0 Å². The third-order valence-electron chi connectivity index (χ3n) is 3.08. The summed E-state index contributed by atoms with van der Waals surface area (Å²) in [6.45, 7) is 4.52. The van der Waals surface area contributed by atoms with E-state index in [2.05, 4.69) is 31.9 Å². The van der Waals surface area contributed by atoms with Crippen molar-refractivity contribution >= 4 is 41.9 Å². The Morgan fingerprint density at radius 2 is 2.05 bits per heavy atom. The molecule has 4 nitrogen and oxygen atoms in total. The summed E-state index contributed by atoms with van der Waals surface area (Å²) in [6, 6.07) is 6.88. The minimum Gasteiger partial charge on any atom is -0.369 e. The van der Waals surface area contributed by atoms with E-state index in [1.807, 2.05) is 13.8 Å². The summed E-state index contributed by atoms with van der Waals surface area (Å²) in [7, 11) is -3.52. The molecule has 1 unspecified atom stereocenters. The standard InChI is InChI=1S/C13H17Br2NO3S/c1-13(2)9-16(8-10(7-14)19-13)20(17,18)12-6-4-3-5-11(12)15/h3-6,10H,7-9H2,1-2H3. The lowest BCUT2D eigenvalue weighted by atomic mass is 10.1. The van der Waals surface area contributed by atoms with Crippen molar-refractivity contribution in [3.63, 3.8) is 0 Å². The molecule has 20 heavy (non-hydrogen) atoms. The smallest absolute Gasteiger partial charge is 0.244 e. The third kappa shape index (κ3) is 3.44. The zero-order valence-corrected chi connectivity index (χ0v) is 15.3. The predicted molar refractivity (Wildman–Crippen MR) is 85.6 cm³/mol. The fourth-order valence-electron chi connectivity index (χ4n) is 2.30. The fraction of sp³-hybridized carbons (Fsp3) is 0.538. The maximum atomic E-state index is 12.8. The molecule has 1 aliphatic rings. The van der Waals surface area contributed by atoms with Gasteiger partial charge in [0.15, 0.2) is 0 Å². The van der Waals surface area contributed by atoms with Gasteiger partial charge in [-0.15, -0.1) is 0 Å². The summed E-state index contributed by atoms with van der Waals surface area (Å²) in [4.78, 5) is 0.297. The molecule has 1 aromatic carbocycles. The second-order valence-electron chi connectivity index (χ2n) is 5.38. The van der Waals surface area contributed by atoms with Gasteiger partial charge in [0.05, 0.1) is 16.6 Å². The van der Waals surface area contributed by atoms with Crippen LogP contribution in [0, 0.1) is 0 Å². The summed E-state index contributed by atoms with van der Waals surface area (Å²) >= 11 is 6.68. The lowest BCUT2D eigenvalue weighted by Gasteiger charge is -2.41. The highest BCUT2D eigenvalue weighted by atomic mass is 79.9. The molecule has 0 N–H and O–H groups in total. The number of benzene rings is 1. The second kappa shape index (κ2) is 6.04. The average molecular weight is 427 g/mol. The van der Waals surface area contributed by atoms with Crippen LogP contribution in [0.2, 0.25) is 0 Å². The van der Waals surface area contributed by atoms with Crippen molar-refractivity contribution in [1.82, 2.24) is 4.31 Å². The molecule has 0 aliphatic carbocycles. The number of rotatable bonds is 3. The van der Waals surface area contributed by atoms with Crippen molar-refractivity contribution in [2.75, 3.05) is 18.4 Å². The molecule has 0 saturated carbocycles. The summed E-state index contributed by atoms with van der Waals surface area (Å²) in [5.41, 5.74) is -0.495. The highest BCUT2D eigenvalue weighted by Crippen LogP contribution is 2.30. The van der Waals surface area contributed by atoms with E-state index in [9.17, 15) is 8.42 Å². The third-order valence-corrected chi connectivity index (χ3v) is 6.62. The van der Waals surface area contributed by atoms with Gasteiger partial charge in [0.1, 0.15) is 0 Å². The molecule has 1 atom stereocenters. The first-order valence-electron chi connectivity index (χ1n) is 6.25. The predicted octanol–water partition coefficient (Wildman–Crippen LogP) is 3.01. The number of ether oxygens (including phenoxy) is 1. The van der Waals surface area contributed by atoms with E-state index in [0.29, 0.717) is 27.8 Å². The molecule has 1 saturated heterocycles. The van der Waals surface area contributed by atoms with Gasteiger partial charge in [-0.05, 0) is 41.9 Å². The molecule has 0 radical (unpaired) electrons. The minimum atomic E-state index is -3.52. The highest BCUT2D eigenvalue weighted by Gasteiger charge is 2.39. The van der Waals surface area contributed by atoms with E-state index in [0.717, 1.165) is 0 Å². The highest BCUT2D eigenvalue weighted by molar-refractivity contribution is 9.10. The molecule has 1 aromatic rings. The Hall–Kier alpha value is 0.0500. The molecular weight excluding hydrogens is 410 g/mol. The Morgan fingerprint density at radius 3 is 2.65 bits per heavy atom. The van der Waals surface area contributed by atoms with Crippen molar-refractivity contribution < 1.29 is 13.2 Å². The normalized spacial score (nSPS) is 23.7. The summed E-state index contributed by atoms with van der Waals surface area (Å²) in [5, 5.41) is 0.610. The lowest BCUT2D eigenvalue weighted by molar-refractivity contribution is -0.106. The molecule has 1 heterocycles. The van der Waals surface area contributed by atoms with Crippen LogP contribution in [0.15, 0.2) is 33.6 Å². The SMILES string of the molecule is CC1(C)CN(S(=O)(=O)c2ccccc2Br)CC(CBr)O1. The van der Waals surface area contributed by atoms with Crippen LogP contribution < -0.4 is 0 Å². The molecular formula is C13H17Br2NO3S. The molecule has 0 aromatic heterocycles. The number of nitrogens with zero attached hydrogens (tertiary/aromatic N) is 1. The zero-order chi connectivity index (χ0) is 15.0. The number of hydrogen-bond donors (Lipinski definition) is 0. The van der Waals surface area contributed by atoms with Gasteiger partial charge < -0.3 is 4.74 Å². The quantitative estimate of drug-likeness (QED) is 0.698. The van der Waals surface area contributed by atoms with E-state index in [1.165, 1.54) is 4.31 Å². The molecule has 112 valence electrons.